The minimum Gasteiger partial charge on any atom is -0.395 e. The molecule has 116 valence electrons. The average molecular weight is 290 g/mol. The molecule has 0 saturated heterocycles. The first-order chi connectivity index (χ1) is 10.1. The van der Waals surface area contributed by atoms with E-state index in [2.05, 4.69) is 17.6 Å². The Bertz CT molecular complexity index is 480. The predicted octanol–water partition coefficient (Wildman–Crippen LogP) is 2.71. The molecule has 4 heteroatoms. The first kappa shape index (κ1) is 15.8. The Hall–Kier alpha value is -1.55. The third-order valence-electron chi connectivity index (χ3n) is 4.35. The van der Waals surface area contributed by atoms with Crippen LogP contribution in [0.4, 0.5) is 5.69 Å². The van der Waals surface area contributed by atoms with Crippen LogP contribution in [0, 0.1) is 12.8 Å². The van der Waals surface area contributed by atoms with Crippen LogP contribution in [0.5, 0.6) is 0 Å². The van der Waals surface area contributed by atoms with E-state index in [-0.39, 0.29) is 19.1 Å². The lowest BCUT2D eigenvalue weighted by molar-refractivity contribution is 0.0944. The second kappa shape index (κ2) is 7.46. The van der Waals surface area contributed by atoms with Gasteiger partial charge in [-0.2, -0.15) is 0 Å². The molecule has 4 nitrogen and oxygen atoms in total. The molecule has 1 aliphatic rings. The van der Waals surface area contributed by atoms with E-state index in [1.807, 2.05) is 25.1 Å². The zero-order valence-corrected chi connectivity index (χ0v) is 13.0. The maximum absolute atomic E-state index is 12.1. The molecule has 0 bridgehead atoms. The quantitative estimate of drug-likeness (QED) is 0.781. The molecule has 0 aliphatic heterocycles. The maximum atomic E-state index is 12.1. The van der Waals surface area contributed by atoms with E-state index in [9.17, 15) is 4.79 Å². The number of aliphatic hydroxyl groups is 1. The molecule has 1 aromatic rings. The molecule has 3 N–H and O–H groups in total. The number of rotatable bonds is 5. The largest absolute Gasteiger partial charge is 0.395 e. The van der Waals surface area contributed by atoms with Gasteiger partial charge < -0.3 is 15.7 Å². The molecule has 1 amide bonds. The number of aliphatic hydroxyl groups excluding tert-OH is 1. The number of hydrogen-bond donors (Lipinski definition) is 3. The van der Waals surface area contributed by atoms with Gasteiger partial charge in [0.1, 0.15) is 0 Å². The molecule has 0 aromatic heterocycles. The van der Waals surface area contributed by atoms with Gasteiger partial charge in [-0.3, -0.25) is 4.79 Å². The van der Waals surface area contributed by atoms with E-state index in [0.29, 0.717) is 11.6 Å². The molecule has 1 saturated carbocycles. The number of hydrogen-bond acceptors (Lipinski definition) is 3. The van der Waals surface area contributed by atoms with Crippen molar-refractivity contribution in [3.05, 3.63) is 29.3 Å². The summed E-state index contributed by atoms with van der Waals surface area (Å²) in [4.78, 5) is 12.1. The summed E-state index contributed by atoms with van der Waals surface area (Å²) in [7, 11) is 0. The SMILES string of the molecule is Cc1c(NC2CCC(C)CC2)cccc1C(=O)NCCO. The van der Waals surface area contributed by atoms with Gasteiger partial charge in [0.25, 0.3) is 5.91 Å². The molecular weight excluding hydrogens is 264 g/mol. The van der Waals surface area contributed by atoms with Crippen molar-refractivity contribution in [3.8, 4) is 0 Å². The molecule has 1 aliphatic carbocycles. The van der Waals surface area contributed by atoms with Crippen LogP contribution in [0.25, 0.3) is 0 Å². The third kappa shape index (κ3) is 4.21. The van der Waals surface area contributed by atoms with Gasteiger partial charge in [0.05, 0.1) is 6.61 Å². The Morgan fingerprint density at radius 1 is 1.29 bits per heavy atom. The van der Waals surface area contributed by atoms with Crippen LogP contribution >= 0.6 is 0 Å². The molecule has 0 atom stereocenters. The van der Waals surface area contributed by atoms with Crippen molar-refractivity contribution in [1.82, 2.24) is 5.32 Å². The van der Waals surface area contributed by atoms with Crippen LogP contribution in [-0.4, -0.2) is 30.2 Å². The standard InChI is InChI=1S/C17H26N2O2/c1-12-6-8-14(9-7-12)19-16-5-3-4-15(13(16)2)17(21)18-10-11-20/h3-5,12,14,19-20H,6-11H2,1-2H3,(H,18,21). The molecule has 0 radical (unpaired) electrons. The Kier molecular flexibility index (Phi) is 5.62. The van der Waals surface area contributed by atoms with Crippen molar-refractivity contribution in [2.24, 2.45) is 5.92 Å². The molecular formula is C17H26N2O2. The Balaban J connectivity index is 2.05. The highest BCUT2D eigenvalue weighted by Crippen LogP contribution is 2.28. The van der Waals surface area contributed by atoms with Gasteiger partial charge in [0.2, 0.25) is 0 Å². The van der Waals surface area contributed by atoms with Gasteiger partial charge in [-0.1, -0.05) is 13.0 Å². The lowest BCUT2D eigenvalue weighted by atomic mass is 9.87. The van der Waals surface area contributed by atoms with Gasteiger partial charge in [-0.15, -0.1) is 0 Å². The molecule has 0 spiro atoms. The second-order valence-corrected chi connectivity index (χ2v) is 6.06. The van der Waals surface area contributed by atoms with E-state index in [4.69, 9.17) is 5.11 Å². The minimum atomic E-state index is -0.123. The molecule has 1 aromatic carbocycles. The zero-order valence-electron chi connectivity index (χ0n) is 13.0. The van der Waals surface area contributed by atoms with E-state index in [1.54, 1.807) is 0 Å². The van der Waals surface area contributed by atoms with Crippen molar-refractivity contribution < 1.29 is 9.90 Å². The van der Waals surface area contributed by atoms with Crippen molar-refractivity contribution in [3.63, 3.8) is 0 Å². The van der Waals surface area contributed by atoms with E-state index >= 15 is 0 Å². The van der Waals surface area contributed by atoms with Crippen molar-refractivity contribution >= 4 is 11.6 Å². The number of amides is 1. The molecule has 1 fully saturated rings. The maximum Gasteiger partial charge on any atom is 0.251 e. The van der Waals surface area contributed by atoms with Gasteiger partial charge in [0, 0.05) is 23.8 Å². The van der Waals surface area contributed by atoms with E-state index < -0.39 is 0 Å². The highest BCUT2D eigenvalue weighted by molar-refractivity contribution is 5.97. The average Bonchev–Trinajstić information content (AvgIpc) is 2.49. The lowest BCUT2D eigenvalue weighted by Crippen LogP contribution is -2.28. The summed E-state index contributed by atoms with van der Waals surface area (Å²) in [6.45, 7) is 4.54. The van der Waals surface area contributed by atoms with E-state index in [1.165, 1.54) is 25.7 Å². The normalized spacial score (nSPS) is 21.9. The van der Waals surface area contributed by atoms with Crippen molar-refractivity contribution in [2.75, 3.05) is 18.5 Å². The number of anilines is 1. The molecule has 0 unspecified atom stereocenters. The monoisotopic (exact) mass is 290 g/mol. The lowest BCUT2D eigenvalue weighted by Gasteiger charge is -2.28. The Morgan fingerprint density at radius 3 is 2.67 bits per heavy atom. The highest BCUT2D eigenvalue weighted by atomic mass is 16.3. The Labute approximate surface area is 126 Å². The zero-order chi connectivity index (χ0) is 15.2. The minimum absolute atomic E-state index is 0.0387. The molecule has 2 rings (SSSR count). The van der Waals surface area contributed by atoms with Crippen LogP contribution in [0.3, 0.4) is 0 Å². The van der Waals surface area contributed by atoms with Crippen LogP contribution in [-0.2, 0) is 0 Å². The van der Waals surface area contributed by atoms with Crippen LogP contribution in [0.15, 0.2) is 18.2 Å². The first-order valence-electron chi connectivity index (χ1n) is 7.87. The topological polar surface area (TPSA) is 61.4 Å². The fourth-order valence-electron chi connectivity index (χ4n) is 2.93. The van der Waals surface area contributed by atoms with Gasteiger partial charge in [0.15, 0.2) is 0 Å². The number of carbonyl (C=O) groups excluding carboxylic acids is 1. The predicted molar refractivity (Wildman–Crippen MR) is 85.6 cm³/mol. The smallest absolute Gasteiger partial charge is 0.251 e. The third-order valence-corrected chi connectivity index (χ3v) is 4.35. The summed E-state index contributed by atoms with van der Waals surface area (Å²) in [5.41, 5.74) is 2.70. The fraction of sp³-hybridized carbons (Fsp3) is 0.588. The number of benzene rings is 1. The summed E-state index contributed by atoms with van der Waals surface area (Å²) in [6, 6.07) is 6.29. The molecule has 21 heavy (non-hydrogen) atoms. The van der Waals surface area contributed by atoms with Crippen LogP contribution in [0.2, 0.25) is 0 Å². The summed E-state index contributed by atoms with van der Waals surface area (Å²) >= 11 is 0. The highest BCUT2D eigenvalue weighted by Gasteiger charge is 2.19. The molecule has 0 heterocycles. The summed E-state index contributed by atoms with van der Waals surface area (Å²) in [6.07, 6.45) is 4.93. The van der Waals surface area contributed by atoms with Gasteiger partial charge in [-0.25, -0.2) is 0 Å². The van der Waals surface area contributed by atoms with Gasteiger partial charge >= 0.3 is 0 Å². The fourth-order valence-corrected chi connectivity index (χ4v) is 2.93. The number of nitrogens with one attached hydrogen (secondary N) is 2. The Morgan fingerprint density at radius 2 is 2.00 bits per heavy atom. The summed E-state index contributed by atoms with van der Waals surface area (Å²) in [5.74, 6) is 0.710. The second-order valence-electron chi connectivity index (χ2n) is 6.06. The summed E-state index contributed by atoms with van der Waals surface area (Å²) in [5, 5.41) is 15.1. The van der Waals surface area contributed by atoms with E-state index in [0.717, 1.165) is 17.2 Å². The van der Waals surface area contributed by atoms with Crippen LogP contribution in [0.1, 0.15) is 48.5 Å². The van der Waals surface area contributed by atoms with Crippen molar-refractivity contribution in [2.45, 2.75) is 45.6 Å². The summed E-state index contributed by atoms with van der Waals surface area (Å²) < 4.78 is 0. The van der Waals surface area contributed by atoms with Gasteiger partial charge in [-0.05, 0) is 56.2 Å². The number of carbonyl (C=O) groups is 1. The van der Waals surface area contributed by atoms with Crippen molar-refractivity contribution in [1.29, 1.82) is 0 Å². The van der Waals surface area contributed by atoms with Crippen LogP contribution < -0.4 is 10.6 Å². The first-order valence-corrected chi connectivity index (χ1v) is 7.87.